The van der Waals surface area contributed by atoms with E-state index in [1.807, 2.05) is 75.6 Å². The number of anilines is 4. The van der Waals surface area contributed by atoms with Gasteiger partial charge in [0.2, 0.25) is 0 Å². The minimum atomic E-state index is -2.97. The number of likely N-dealkylation sites (tertiary alicyclic amines) is 4. The summed E-state index contributed by atoms with van der Waals surface area (Å²) in [7, 11) is 0. The number of thiazole rings is 4. The predicted molar refractivity (Wildman–Crippen MR) is 542 cm³/mol. The highest BCUT2D eigenvalue weighted by atomic mass is 32.1. The second-order valence-electron chi connectivity index (χ2n) is 43.7. The molecule has 141 heavy (non-hydrogen) atoms. The highest BCUT2D eigenvalue weighted by molar-refractivity contribution is 7.18. The summed E-state index contributed by atoms with van der Waals surface area (Å²) in [5, 5.41) is 64.7. The number of aryl methyl sites for hydroxylation is 4. The van der Waals surface area contributed by atoms with Crippen LogP contribution in [-0.2, 0) is 0 Å². The number of halogens is 4. The Kier molecular flexibility index (Phi) is 32.5. The van der Waals surface area contributed by atoms with Crippen molar-refractivity contribution in [2.45, 2.75) is 317 Å². The van der Waals surface area contributed by atoms with Crippen molar-refractivity contribution in [3.05, 3.63) is 114 Å². The number of alkyl halides is 4. The fraction of sp³-hybridized carbons (Fsp3) is 0.604. The summed E-state index contributed by atoms with van der Waals surface area (Å²) in [5.74, 6) is -6.38. The lowest BCUT2D eigenvalue weighted by Gasteiger charge is -2.39. The van der Waals surface area contributed by atoms with Gasteiger partial charge in [-0.3, -0.25) is 38.4 Å². The summed E-state index contributed by atoms with van der Waals surface area (Å²) in [6.07, 6.45) is 22.6. The van der Waals surface area contributed by atoms with Crippen LogP contribution in [0.2, 0.25) is 0 Å². The number of carbonyl (C=O) groups excluding carboxylic acids is 8. The topological polar surface area (TPSA) is 430 Å². The summed E-state index contributed by atoms with van der Waals surface area (Å²) in [5.41, 5.74) is 3.28. The maximum Gasteiger partial charge on any atom is 0.280 e. The number of rotatable bonds is 30. The first-order chi connectivity index (χ1) is 65.7. The van der Waals surface area contributed by atoms with Gasteiger partial charge in [0.25, 0.3) is 59.1 Å². The highest BCUT2D eigenvalue weighted by Crippen LogP contribution is 2.48. The average Bonchev–Trinajstić information content (AvgIpc) is 1.63. The van der Waals surface area contributed by atoms with Gasteiger partial charge < -0.3 is 82.6 Å². The molecule has 4 saturated carbocycles. The molecule has 16 rings (SSSR count). The van der Waals surface area contributed by atoms with Crippen LogP contribution in [0.3, 0.4) is 0 Å². The number of pyridine rings is 4. The molecule has 4 aliphatic carbocycles. The van der Waals surface area contributed by atoms with Crippen molar-refractivity contribution in [2.24, 2.45) is 10.8 Å². The molecule has 12 heterocycles. The number of aromatic nitrogens is 8. The molecule has 0 unspecified atom stereocenters. The van der Waals surface area contributed by atoms with Crippen LogP contribution in [0.25, 0.3) is 41.8 Å². The largest absolute Gasteiger partial charge is 0.389 e. The third-order valence-corrected chi connectivity index (χ3v) is 31.6. The number of amides is 8. The Balaban J connectivity index is 0.000000158. The van der Waals surface area contributed by atoms with Gasteiger partial charge in [0.05, 0.1) is 55.0 Å². The molecule has 8 aromatic heterocycles. The van der Waals surface area contributed by atoms with E-state index in [4.69, 9.17) is 0 Å². The van der Waals surface area contributed by atoms with Crippen LogP contribution >= 0.6 is 45.3 Å². The van der Waals surface area contributed by atoms with Crippen LogP contribution in [-0.4, -0.2) is 262 Å². The summed E-state index contributed by atoms with van der Waals surface area (Å²) in [6, 6.07) is 6.71. The molecule has 8 aliphatic rings. The van der Waals surface area contributed by atoms with Gasteiger partial charge in [-0.15, -0.1) is 45.3 Å². The van der Waals surface area contributed by atoms with Gasteiger partial charge in [0.1, 0.15) is 46.0 Å². The first kappa shape index (κ1) is 108. The molecule has 0 radical (unpaired) electrons. The first-order valence-corrected chi connectivity index (χ1v) is 52.0. The van der Waals surface area contributed by atoms with E-state index >= 15 is 0 Å². The molecule has 0 aromatic carbocycles. The zero-order valence-corrected chi connectivity index (χ0v) is 87.9. The number of hydrogen-bond acceptors (Lipinski definition) is 28. The second-order valence-corrected chi connectivity index (χ2v) is 47.7. The fourth-order valence-electron chi connectivity index (χ4n) is 17.8. The van der Waals surface area contributed by atoms with Crippen LogP contribution in [0.5, 0.6) is 0 Å². The second kappa shape index (κ2) is 42.5. The quantitative estimate of drug-likeness (QED) is 0.0186. The van der Waals surface area contributed by atoms with Crippen molar-refractivity contribution in [3.63, 3.8) is 0 Å². The van der Waals surface area contributed by atoms with Crippen molar-refractivity contribution in [2.75, 3.05) is 86.7 Å². The highest BCUT2D eigenvalue weighted by Gasteiger charge is 2.49. The van der Waals surface area contributed by atoms with Crippen LogP contribution in [0.4, 0.5) is 40.8 Å². The number of carbonyl (C=O) groups is 8. The zero-order chi connectivity index (χ0) is 103. The van der Waals surface area contributed by atoms with E-state index in [0.717, 1.165) is 142 Å². The predicted octanol–water partition coefficient (Wildman–Crippen LogP) is 16.6. The van der Waals surface area contributed by atoms with E-state index in [1.165, 1.54) is 67.6 Å². The van der Waals surface area contributed by atoms with Crippen LogP contribution in [0.1, 0.15) is 323 Å². The van der Waals surface area contributed by atoms with Crippen molar-refractivity contribution in [3.8, 4) is 41.8 Å². The SMILES string of the molecule is Cc1cc(NC2(C)CCC2)ncc1-c1sc(C(=O)NCC(C)(C)O)nc1C(=O)N1CC(F)(F)C[C@@H]1C.Cc1cc(NC2(C)CCC2)ncc1-c1sc(C(=O)NCC(C)(C)O)nc1C(=O)N1CCC[C@@H]1C.Cc1cc(NCC2(C)CC2)ncc1-c1sc(C(=O)NCC(C)(C)O)nc1C(=O)N1CCC[C@@H]1C.Cc1cc(NCC2(C)CCC2)ncc1-c1sc(C(=O)NCC(C)(C)O)nc1C(=O)N1CC(F)(F)C[C@@H]1C. The Morgan fingerprint density at radius 3 is 0.844 bits per heavy atom. The number of nitrogens with zero attached hydrogens (tertiary/aromatic N) is 12. The van der Waals surface area contributed by atoms with Crippen molar-refractivity contribution in [1.82, 2.24) is 80.7 Å². The zero-order valence-electron chi connectivity index (χ0n) is 84.6. The van der Waals surface area contributed by atoms with E-state index in [2.05, 4.69) is 110 Å². The van der Waals surface area contributed by atoms with Crippen molar-refractivity contribution < 1.29 is 76.3 Å². The summed E-state index contributed by atoms with van der Waals surface area (Å²) in [4.78, 5) is 149. The smallest absolute Gasteiger partial charge is 0.280 e. The first-order valence-electron chi connectivity index (χ1n) is 48.7. The van der Waals surface area contributed by atoms with Gasteiger partial charge >= 0.3 is 0 Å². The maximum absolute atomic E-state index is 14.1. The molecule has 4 atom stereocenters. The van der Waals surface area contributed by atoms with E-state index < -0.39 is 108 Å². The third-order valence-electron chi connectivity index (χ3n) is 27.3. The lowest BCUT2D eigenvalue weighted by Crippen LogP contribution is -2.41. The van der Waals surface area contributed by atoms with Gasteiger partial charge in [0, 0.05) is 147 Å². The van der Waals surface area contributed by atoms with Crippen LogP contribution in [0.15, 0.2) is 49.1 Å². The minimum Gasteiger partial charge on any atom is -0.389 e. The molecule has 4 aliphatic heterocycles. The Labute approximate surface area is 838 Å². The molecule has 12 N–H and O–H groups in total. The van der Waals surface area contributed by atoms with E-state index in [1.54, 1.807) is 94.0 Å². The molecular formula is C101H138F4N20O12S4. The van der Waals surface area contributed by atoms with Gasteiger partial charge in [-0.25, -0.2) is 57.4 Å². The lowest BCUT2D eigenvalue weighted by molar-refractivity contribution is 0.0115. The number of hydrogen-bond donors (Lipinski definition) is 12. The van der Waals surface area contributed by atoms with Gasteiger partial charge in [-0.1, -0.05) is 20.3 Å². The molecule has 40 heteroatoms. The standard InChI is InChI=1S/C26H35F2N5O3S.C25H33F2N5O3S.2C25H35N5O3S/c1-15-9-18(30-13-25(5)7-6-8-25)29-11-17(15)20-19(23(35)33-14-26(27,28)10-16(33)2)32-22(37-20)21(34)31-12-24(3,4)36;1-14-9-17(31-24(5)7-6-8-24)28-11-16(14)19-18(22(34)32-13-25(26,27)10-15(32)2)30-21(36-19)20(33)29-12-23(3,4)35;1-15-12-18(29-25(5)9-7-10-25)26-13-17(15)20-19(23(32)30-11-6-8-16(30)2)28-22(34-20)21(31)27-14-24(3,4)33;1-15-11-18(27-14-25(5)8-9-25)26-12-17(15)20-19(23(32)30-10-6-7-16(30)2)29-22(34-20)21(31)28-13-24(3,4)33/h9,11,16,36H,6-8,10,12-14H2,1-5H3,(H,29,30)(H,31,34);9,11,15,35H,6-8,10,12-13H2,1-5H3,(H,28,31)(H,29,33);12-13,16,33H,6-11,14H2,1-5H3,(H,26,29)(H,27,31);11-12,16,33H,6-10,13-14H2,1-5H3,(H,26,27)(H,28,31)/t16-;15-;2*16-/m0000/s1. The third kappa shape index (κ3) is 27.6. The van der Waals surface area contributed by atoms with Gasteiger partial charge in [-0.2, -0.15) is 0 Å². The van der Waals surface area contributed by atoms with Crippen molar-refractivity contribution in [1.29, 1.82) is 0 Å². The Bertz CT molecular complexity index is 5960. The summed E-state index contributed by atoms with van der Waals surface area (Å²) < 4.78 is 56.2. The molecule has 4 saturated heterocycles. The lowest BCUT2D eigenvalue weighted by atomic mass is 9.70. The summed E-state index contributed by atoms with van der Waals surface area (Å²) in [6.45, 7) is 38.4. The Morgan fingerprint density at radius 2 is 0.631 bits per heavy atom. The molecular weight excluding hydrogens is 1890 g/mol. The minimum absolute atomic E-state index is 0.00936. The molecule has 8 amide bonds. The molecule has 32 nitrogen and oxygen atoms in total. The normalized spacial score (nSPS) is 20.0. The maximum atomic E-state index is 14.1. The molecule has 0 bridgehead atoms. The number of nitrogens with one attached hydrogen (secondary N) is 8. The van der Waals surface area contributed by atoms with E-state index in [9.17, 15) is 76.3 Å². The number of aliphatic hydroxyl groups is 4. The van der Waals surface area contributed by atoms with Gasteiger partial charge in [0.15, 0.2) is 20.0 Å². The monoisotopic (exact) mass is 2030 g/mol. The molecule has 8 aromatic rings. The Morgan fingerprint density at radius 1 is 0.376 bits per heavy atom. The van der Waals surface area contributed by atoms with E-state index in [0.29, 0.717) is 72.2 Å². The van der Waals surface area contributed by atoms with E-state index in [-0.39, 0.29) is 98.0 Å². The van der Waals surface area contributed by atoms with Gasteiger partial charge in [-0.05, 0) is 272 Å². The Hall–Kier alpha value is -10.4. The fourth-order valence-corrected chi connectivity index (χ4v) is 22.0. The summed E-state index contributed by atoms with van der Waals surface area (Å²) >= 11 is 4.41. The average molecular weight is 2030 g/mol. The van der Waals surface area contributed by atoms with Crippen LogP contribution in [0, 0.1) is 38.5 Å². The molecule has 0 spiro atoms. The molecule has 8 fully saturated rings. The van der Waals surface area contributed by atoms with Crippen molar-refractivity contribution >= 4 is 116 Å². The molecule has 766 valence electrons. The van der Waals surface area contributed by atoms with Crippen LogP contribution < -0.4 is 42.5 Å².